The Morgan fingerprint density at radius 1 is 1.07 bits per heavy atom. The van der Waals surface area contributed by atoms with E-state index in [1.54, 1.807) is 42.5 Å². The van der Waals surface area contributed by atoms with E-state index in [1.807, 2.05) is 26.8 Å². The lowest BCUT2D eigenvalue weighted by atomic mass is 9.95. The monoisotopic (exact) mass is 396 g/mol. The Morgan fingerprint density at radius 3 is 2.48 bits per heavy atom. The molecule has 2 N–H and O–H groups in total. The van der Waals surface area contributed by atoms with E-state index in [0.717, 1.165) is 19.4 Å². The average molecular weight is 396 g/mol. The molecule has 0 aromatic heterocycles. The summed E-state index contributed by atoms with van der Waals surface area (Å²) in [5, 5.41) is 5.75. The topological polar surface area (TPSA) is 76.7 Å². The zero-order valence-electron chi connectivity index (χ0n) is 17.2. The number of rotatable bonds is 6. The van der Waals surface area contributed by atoms with Crippen LogP contribution in [0.1, 0.15) is 44.0 Å². The maximum absolute atomic E-state index is 12.8. The van der Waals surface area contributed by atoms with Gasteiger partial charge >= 0.3 is 0 Å². The SMILES string of the molecule is CC(C)(C)C(=O)Nc1cccc(NC(=O)c2ccccc2OCC2CCCO2)c1. The van der Waals surface area contributed by atoms with Gasteiger partial charge in [0, 0.05) is 23.4 Å². The van der Waals surface area contributed by atoms with Gasteiger partial charge in [-0.25, -0.2) is 0 Å². The molecule has 1 heterocycles. The van der Waals surface area contributed by atoms with Crippen LogP contribution in [0.15, 0.2) is 48.5 Å². The molecule has 154 valence electrons. The molecule has 1 fully saturated rings. The predicted octanol–water partition coefficient (Wildman–Crippen LogP) is 4.48. The van der Waals surface area contributed by atoms with Crippen molar-refractivity contribution in [2.75, 3.05) is 23.8 Å². The van der Waals surface area contributed by atoms with Gasteiger partial charge in [-0.05, 0) is 43.2 Å². The molecule has 0 bridgehead atoms. The third-order valence-corrected chi connectivity index (χ3v) is 4.64. The van der Waals surface area contributed by atoms with Gasteiger partial charge in [-0.2, -0.15) is 0 Å². The lowest BCUT2D eigenvalue weighted by molar-refractivity contribution is -0.123. The summed E-state index contributed by atoms with van der Waals surface area (Å²) >= 11 is 0. The summed E-state index contributed by atoms with van der Waals surface area (Å²) in [4.78, 5) is 25.0. The molecule has 6 heteroatoms. The Balaban J connectivity index is 1.67. The number of nitrogens with one attached hydrogen (secondary N) is 2. The molecule has 1 aliphatic heterocycles. The van der Waals surface area contributed by atoms with Gasteiger partial charge < -0.3 is 20.1 Å². The number of amides is 2. The maximum Gasteiger partial charge on any atom is 0.259 e. The Kier molecular flexibility index (Phi) is 6.54. The van der Waals surface area contributed by atoms with Crippen molar-refractivity contribution in [3.05, 3.63) is 54.1 Å². The van der Waals surface area contributed by atoms with Gasteiger partial charge in [0.2, 0.25) is 5.91 Å². The molecule has 0 spiro atoms. The Bertz CT molecular complexity index is 867. The van der Waals surface area contributed by atoms with Crippen LogP contribution in [-0.2, 0) is 9.53 Å². The van der Waals surface area contributed by atoms with Crippen LogP contribution in [0.5, 0.6) is 5.75 Å². The summed E-state index contributed by atoms with van der Waals surface area (Å²) in [6, 6.07) is 14.2. The molecule has 1 unspecified atom stereocenters. The van der Waals surface area contributed by atoms with Crippen molar-refractivity contribution in [3.63, 3.8) is 0 Å². The Labute approximate surface area is 171 Å². The minimum atomic E-state index is -0.501. The Hall–Kier alpha value is -2.86. The smallest absolute Gasteiger partial charge is 0.259 e. The lowest BCUT2D eigenvalue weighted by Crippen LogP contribution is -2.27. The number of para-hydroxylation sites is 1. The van der Waals surface area contributed by atoms with E-state index in [9.17, 15) is 9.59 Å². The minimum Gasteiger partial charge on any atom is -0.490 e. The Morgan fingerprint density at radius 2 is 1.79 bits per heavy atom. The predicted molar refractivity (Wildman–Crippen MR) is 113 cm³/mol. The average Bonchev–Trinajstić information content (AvgIpc) is 3.20. The first-order chi connectivity index (χ1) is 13.8. The number of benzene rings is 2. The van der Waals surface area contributed by atoms with Crippen LogP contribution in [0, 0.1) is 5.41 Å². The van der Waals surface area contributed by atoms with Gasteiger partial charge in [0.1, 0.15) is 12.4 Å². The van der Waals surface area contributed by atoms with Gasteiger partial charge in [0.25, 0.3) is 5.91 Å². The number of hydrogen-bond acceptors (Lipinski definition) is 4. The van der Waals surface area contributed by atoms with Crippen LogP contribution < -0.4 is 15.4 Å². The number of hydrogen-bond donors (Lipinski definition) is 2. The normalized spacial score (nSPS) is 16.3. The van der Waals surface area contributed by atoms with Crippen molar-refractivity contribution < 1.29 is 19.1 Å². The van der Waals surface area contributed by atoms with Crippen LogP contribution in [0.25, 0.3) is 0 Å². The second-order valence-corrected chi connectivity index (χ2v) is 8.18. The quantitative estimate of drug-likeness (QED) is 0.755. The largest absolute Gasteiger partial charge is 0.490 e. The highest BCUT2D eigenvalue weighted by Crippen LogP contribution is 2.23. The van der Waals surface area contributed by atoms with Gasteiger partial charge in [0.05, 0.1) is 11.7 Å². The molecular weight excluding hydrogens is 368 g/mol. The molecule has 2 aromatic rings. The zero-order chi connectivity index (χ0) is 20.9. The van der Waals surface area contributed by atoms with E-state index in [0.29, 0.717) is 29.3 Å². The fourth-order valence-corrected chi connectivity index (χ4v) is 2.93. The molecule has 29 heavy (non-hydrogen) atoms. The van der Waals surface area contributed by atoms with Crippen molar-refractivity contribution >= 4 is 23.2 Å². The van der Waals surface area contributed by atoms with E-state index in [1.165, 1.54) is 0 Å². The highest BCUT2D eigenvalue weighted by atomic mass is 16.5. The highest BCUT2D eigenvalue weighted by molar-refractivity contribution is 6.06. The van der Waals surface area contributed by atoms with Crippen LogP contribution in [0.3, 0.4) is 0 Å². The maximum atomic E-state index is 12.8. The number of anilines is 2. The fraction of sp³-hybridized carbons (Fsp3) is 0.391. The molecule has 1 atom stereocenters. The molecule has 1 aliphatic rings. The summed E-state index contributed by atoms with van der Waals surface area (Å²) in [6.07, 6.45) is 2.09. The van der Waals surface area contributed by atoms with E-state index in [-0.39, 0.29) is 17.9 Å². The lowest BCUT2D eigenvalue weighted by Gasteiger charge is -2.18. The summed E-state index contributed by atoms with van der Waals surface area (Å²) in [6.45, 7) is 6.74. The third-order valence-electron chi connectivity index (χ3n) is 4.64. The van der Waals surface area contributed by atoms with Gasteiger partial charge in [-0.15, -0.1) is 0 Å². The van der Waals surface area contributed by atoms with Crippen molar-refractivity contribution in [2.24, 2.45) is 5.41 Å². The van der Waals surface area contributed by atoms with Crippen molar-refractivity contribution in [1.82, 2.24) is 0 Å². The molecule has 0 aliphatic carbocycles. The summed E-state index contributed by atoms with van der Waals surface area (Å²) in [5.41, 5.74) is 1.18. The first-order valence-corrected chi connectivity index (χ1v) is 9.89. The number of carbonyl (C=O) groups is 2. The van der Waals surface area contributed by atoms with E-state index in [2.05, 4.69) is 10.6 Å². The van der Waals surface area contributed by atoms with Gasteiger partial charge in [-0.3, -0.25) is 9.59 Å². The third kappa shape index (κ3) is 5.81. The minimum absolute atomic E-state index is 0.0780. The van der Waals surface area contributed by atoms with Crippen molar-refractivity contribution in [2.45, 2.75) is 39.7 Å². The van der Waals surface area contributed by atoms with Crippen molar-refractivity contribution in [3.8, 4) is 5.75 Å². The molecule has 6 nitrogen and oxygen atoms in total. The molecule has 0 saturated carbocycles. The standard InChI is InChI=1S/C23H28N2O4/c1-23(2,3)22(27)25-17-9-6-8-16(14-17)24-21(26)19-11-4-5-12-20(19)29-15-18-10-7-13-28-18/h4-6,8-9,11-12,14,18H,7,10,13,15H2,1-3H3,(H,24,26)(H,25,27). The second kappa shape index (κ2) is 9.09. The van der Waals surface area contributed by atoms with E-state index < -0.39 is 5.41 Å². The van der Waals surface area contributed by atoms with Crippen molar-refractivity contribution in [1.29, 1.82) is 0 Å². The van der Waals surface area contributed by atoms with Gasteiger partial charge in [0.15, 0.2) is 0 Å². The van der Waals surface area contributed by atoms with E-state index >= 15 is 0 Å². The van der Waals surface area contributed by atoms with Crippen LogP contribution in [-0.4, -0.2) is 31.1 Å². The number of carbonyl (C=O) groups excluding carboxylic acids is 2. The molecule has 2 amide bonds. The summed E-state index contributed by atoms with van der Waals surface area (Å²) in [5.74, 6) is 0.166. The number of ether oxygens (including phenoxy) is 2. The first kappa shape index (κ1) is 20.9. The fourth-order valence-electron chi connectivity index (χ4n) is 2.93. The van der Waals surface area contributed by atoms with Crippen LogP contribution in [0.2, 0.25) is 0 Å². The second-order valence-electron chi connectivity index (χ2n) is 8.18. The highest BCUT2D eigenvalue weighted by Gasteiger charge is 2.21. The summed E-state index contributed by atoms with van der Waals surface area (Å²) in [7, 11) is 0. The van der Waals surface area contributed by atoms with E-state index in [4.69, 9.17) is 9.47 Å². The molecule has 2 aromatic carbocycles. The zero-order valence-corrected chi connectivity index (χ0v) is 17.2. The van der Waals surface area contributed by atoms with Gasteiger partial charge in [-0.1, -0.05) is 39.0 Å². The molecule has 3 rings (SSSR count). The molecular formula is C23H28N2O4. The summed E-state index contributed by atoms with van der Waals surface area (Å²) < 4.78 is 11.4. The van der Waals surface area contributed by atoms with Crippen LogP contribution >= 0.6 is 0 Å². The van der Waals surface area contributed by atoms with Crippen LogP contribution in [0.4, 0.5) is 11.4 Å². The molecule has 0 radical (unpaired) electrons. The first-order valence-electron chi connectivity index (χ1n) is 9.89. The molecule has 1 saturated heterocycles.